The molecule has 100 valence electrons. The number of carbonyl (C=O) groups excluding carboxylic acids is 1. The number of hydrogen-bond donors (Lipinski definition) is 0. The number of alkyl halides is 3. The number of nitrogens with zero attached hydrogens (tertiary/aromatic N) is 2. The molecule has 0 N–H and O–H groups in total. The lowest BCUT2D eigenvalue weighted by atomic mass is 9.93. The van der Waals surface area contributed by atoms with Gasteiger partial charge in [-0.05, 0) is 13.8 Å². The Morgan fingerprint density at radius 1 is 1.33 bits per heavy atom. The van der Waals surface area contributed by atoms with E-state index < -0.39 is 24.0 Å². The summed E-state index contributed by atoms with van der Waals surface area (Å²) in [4.78, 5) is 17.9. The van der Waals surface area contributed by atoms with Gasteiger partial charge in [0.05, 0.1) is 12.0 Å². The zero-order chi connectivity index (χ0) is 13.9. The van der Waals surface area contributed by atoms with Crippen molar-refractivity contribution in [1.29, 1.82) is 0 Å². The van der Waals surface area contributed by atoms with E-state index in [2.05, 4.69) is 9.97 Å². The number of ether oxygens (including phenoxy) is 1. The number of Topliss-reactive ketones (excluding diaryl/α,β-unsaturated/α-hetero) is 1. The summed E-state index contributed by atoms with van der Waals surface area (Å²) in [7, 11) is 1.42. The molecule has 4 nitrogen and oxygen atoms in total. The van der Waals surface area contributed by atoms with Gasteiger partial charge in [0.25, 0.3) is 0 Å². The molecular weight excluding hydrogens is 249 g/mol. The van der Waals surface area contributed by atoms with Gasteiger partial charge in [0.1, 0.15) is 5.78 Å². The lowest BCUT2D eigenvalue weighted by Gasteiger charge is -2.20. The van der Waals surface area contributed by atoms with E-state index in [-0.39, 0.29) is 5.78 Å². The van der Waals surface area contributed by atoms with E-state index in [0.29, 0.717) is 5.56 Å². The van der Waals surface area contributed by atoms with Crippen LogP contribution in [0.25, 0.3) is 0 Å². The summed E-state index contributed by atoms with van der Waals surface area (Å²) in [5, 5.41) is 0. The molecule has 0 aliphatic rings. The van der Waals surface area contributed by atoms with Crippen molar-refractivity contribution >= 4 is 5.78 Å². The van der Waals surface area contributed by atoms with Crippen LogP contribution < -0.4 is 0 Å². The van der Waals surface area contributed by atoms with Crippen molar-refractivity contribution in [3.05, 3.63) is 23.8 Å². The van der Waals surface area contributed by atoms with Gasteiger partial charge in [-0.2, -0.15) is 13.2 Å². The first-order valence-corrected chi connectivity index (χ1v) is 5.19. The van der Waals surface area contributed by atoms with Crippen LogP contribution in [0, 0.1) is 0 Å². The first-order valence-electron chi connectivity index (χ1n) is 5.19. The van der Waals surface area contributed by atoms with Crippen molar-refractivity contribution < 1.29 is 22.7 Å². The molecule has 1 aromatic heterocycles. The molecule has 0 bridgehead atoms. The number of aromatic nitrogens is 2. The molecule has 2 atom stereocenters. The first kappa shape index (κ1) is 14.6. The van der Waals surface area contributed by atoms with Crippen LogP contribution in [0.3, 0.4) is 0 Å². The predicted octanol–water partition coefficient (Wildman–Crippen LogP) is 2.20. The van der Waals surface area contributed by atoms with Gasteiger partial charge in [-0.25, -0.2) is 9.97 Å². The van der Waals surface area contributed by atoms with Crippen molar-refractivity contribution in [1.82, 2.24) is 9.97 Å². The van der Waals surface area contributed by atoms with E-state index in [1.54, 1.807) is 6.92 Å². The van der Waals surface area contributed by atoms with E-state index in [4.69, 9.17) is 4.74 Å². The van der Waals surface area contributed by atoms with Gasteiger partial charge in [0.2, 0.25) is 5.82 Å². The van der Waals surface area contributed by atoms with Crippen LogP contribution >= 0.6 is 0 Å². The molecule has 2 unspecified atom stereocenters. The Kier molecular flexibility index (Phi) is 4.39. The van der Waals surface area contributed by atoms with Crippen LogP contribution in [-0.2, 0) is 15.7 Å². The van der Waals surface area contributed by atoms with Crippen LogP contribution in [-0.4, -0.2) is 29.0 Å². The third-order valence-electron chi connectivity index (χ3n) is 2.56. The molecular formula is C11H13F3N2O2. The van der Waals surface area contributed by atoms with Gasteiger partial charge in [0.15, 0.2) is 0 Å². The summed E-state index contributed by atoms with van der Waals surface area (Å²) in [6, 6.07) is 0. The van der Waals surface area contributed by atoms with Gasteiger partial charge < -0.3 is 4.74 Å². The number of ketones is 1. The quantitative estimate of drug-likeness (QED) is 0.834. The fraction of sp³-hybridized carbons (Fsp3) is 0.545. The molecule has 0 fully saturated rings. The largest absolute Gasteiger partial charge is 0.451 e. The van der Waals surface area contributed by atoms with Crippen LogP contribution in [0.15, 0.2) is 12.4 Å². The normalized spacial score (nSPS) is 15.2. The SMILES string of the molecule is COC(C)C(C(C)=O)c1cnc(C(F)(F)F)nc1. The molecule has 0 aliphatic heterocycles. The van der Waals surface area contributed by atoms with Gasteiger partial charge >= 0.3 is 6.18 Å². The Morgan fingerprint density at radius 3 is 2.17 bits per heavy atom. The standard InChI is InChI=1S/C11H13F3N2O2/c1-6(17)9(7(2)18-3)8-4-15-10(16-5-8)11(12,13)14/h4-5,7,9H,1-3H3. The van der Waals surface area contributed by atoms with Crippen molar-refractivity contribution in [2.24, 2.45) is 0 Å². The summed E-state index contributed by atoms with van der Waals surface area (Å²) in [5.41, 5.74) is 0.310. The summed E-state index contributed by atoms with van der Waals surface area (Å²) in [6.07, 6.45) is -3.02. The monoisotopic (exact) mass is 262 g/mol. The molecule has 18 heavy (non-hydrogen) atoms. The summed E-state index contributed by atoms with van der Waals surface area (Å²) in [6.45, 7) is 3.00. The molecule has 1 rings (SSSR count). The Bertz CT molecular complexity index is 417. The minimum atomic E-state index is -4.59. The van der Waals surface area contributed by atoms with Gasteiger partial charge in [-0.1, -0.05) is 0 Å². The van der Waals surface area contributed by atoms with Crippen molar-refractivity contribution in [3.8, 4) is 0 Å². The Hall–Kier alpha value is -1.50. The molecule has 1 aromatic rings. The maximum Gasteiger partial charge on any atom is 0.451 e. The smallest absolute Gasteiger partial charge is 0.381 e. The molecule has 0 amide bonds. The van der Waals surface area contributed by atoms with Crippen LogP contribution in [0.4, 0.5) is 13.2 Å². The van der Waals surface area contributed by atoms with Crippen LogP contribution in [0.2, 0.25) is 0 Å². The van der Waals surface area contributed by atoms with Gasteiger partial charge in [0, 0.05) is 25.1 Å². The summed E-state index contributed by atoms with van der Waals surface area (Å²) < 4.78 is 41.9. The number of rotatable bonds is 4. The maximum atomic E-state index is 12.3. The number of carbonyl (C=O) groups is 1. The number of methoxy groups -OCH3 is 1. The molecule has 0 aliphatic carbocycles. The second-order valence-electron chi connectivity index (χ2n) is 3.87. The van der Waals surface area contributed by atoms with E-state index in [0.717, 1.165) is 12.4 Å². The van der Waals surface area contributed by atoms with E-state index in [1.165, 1.54) is 14.0 Å². The van der Waals surface area contributed by atoms with E-state index in [9.17, 15) is 18.0 Å². The number of hydrogen-bond acceptors (Lipinski definition) is 4. The third-order valence-corrected chi connectivity index (χ3v) is 2.56. The average Bonchev–Trinajstić information content (AvgIpc) is 2.28. The molecule has 7 heteroatoms. The highest BCUT2D eigenvalue weighted by Crippen LogP contribution is 2.27. The molecule has 1 heterocycles. The Balaban J connectivity index is 3.05. The van der Waals surface area contributed by atoms with Crippen molar-refractivity contribution in [2.75, 3.05) is 7.11 Å². The highest BCUT2D eigenvalue weighted by molar-refractivity contribution is 5.83. The Morgan fingerprint density at radius 2 is 1.83 bits per heavy atom. The zero-order valence-electron chi connectivity index (χ0n) is 10.2. The van der Waals surface area contributed by atoms with Crippen molar-refractivity contribution in [3.63, 3.8) is 0 Å². The highest BCUT2D eigenvalue weighted by Gasteiger charge is 2.35. The summed E-state index contributed by atoms with van der Waals surface area (Å²) in [5.74, 6) is -2.11. The predicted molar refractivity (Wildman–Crippen MR) is 56.9 cm³/mol. The number of halogens is 3. The zero-order valence-corrected chi connectivity index (χ0v) is 10.2. The fourth-order valence-corrected chi connectivity index (χ4v) is 1.62. The van der Waals surface area contributed by atoms with Crippen molar-refractivity contribution in [2.45, 2.75) is 32.0 Å². The lowest BCUT2D eigenvalue weighted by Crippen LogP contribution is -2.24. The maximum absolute atomic E-state index is 12.3. The first-order chi connectivity index (χ1) is 8.27. The molecule has 0 spiro atoms. The minimum Gasteiger partial charge on any atom is -0.381 e. The molecule has 0 radical (unpaired) electrons. The van der Waals surface area contributed by atoms with Crippen LogP contribution in [0.1, 0.15) is 31.2 Å². The third kappa shape index (κ3) is 3.25. The fourth-order valence-electron chi connectivity index (χ4n) is 1.62. The second kappa shape index (κ2) is 5.43. The minimum absolute atomic E-state index is 0.215. The molecule has 0 saturated carbocycles. The molecule has 0 aromatic carbocycles. The topological polar surface area (TPSA) is 52.1 Å². The van der Waals surface area contributed by atoms with Gasteiger partial charge in [-0.3, -0.25) is 4.79 Å². The highest BCUT2D eigenvalue weighted by atomic mass is 19.4. The van der Waals surface area contributed by atoms with E-state index in [1.807, 2.05) is 0 Å². The van der Waals surface area contributed by atoms with Crippen LogP contribution in [0.5, 0.6) is 0 Å². The molecule has 0 saturated heterocycles. The summed E-state index contributed by atoms with van der Waals surface area (Å²) >= 11 is 0. The Labute approximate surface area is 102 Å². The van der Waals surface area contributed by atoms with Gasteiger partial charge in [-0.15, -0.1) is 0 Å². The van der Waals surface area contributed by atoms with E-state index >= 15 is 0 Å². The average molecular weight is 262 g/mol. The second-order valence-corrected chi connectivity index (χ2v) is 3.87. The lowest BCUT2D eigenvalue weighted by molar-refractivity contribution is -0.145.